The van der Waals surface area contributed by atoms with Gasteiger partial charge in [-0.25, -0.2) is 4.99 Å². The molecule has 0 bridgehead atoms. The third-order valence-corrected chi connectivity index (χ3v) is 3.76. The lowest BCUT2D eigenvalue weighted by Gasteiger charge is -2.15. The zero-order valence-corrected chi connectivity index (χ0v) is 14.5. The highest BCUT2D eigenvalue weighted by Gasteiger charge is 2.37. The van der Waals surface area contributed by atoms with E-state index in [1.54, 1.807) is 24.3 Å². The SMILES string of the molecule is N#CN/C(=N\Cc1ccccc1Cl)Nc1cc(C(F)(F)F)cc(C(F)(F)F)c1. The van der Waals surface area contributed by atoms with Crippen LogP contribution in [0.4, 0.5) is 32.0 Å². The molecule has 0 amide bonds. The number of aliphatic imine (C=N–C) groups is 1. The first-order valence-electron chi connectivity index (χ1n) is 7.50. The van der Waals surface area contributed by atoms with Crippen LogP contribution in [0, 0.1) is 11.5 Å². The second-order valence-corrected chi connectivity index (χ2v) is 5.82. The van der Waals surface area contributed by atoms with Gasteiger partial charge in [0.25, 0.3) is 0 Å². The van der Waals surface area contributed by atoms with Gasteiger partial charge in [-0.3, -0.25) is 5.32 Å². The van der Waals surface area contributed by atoms with E-state index in [1.165, 1.54) is 6.19 Å². The van der Waals surface area contributed by atoms with Gasteiger partial charge < -0.3 is 5.32 Å². The molecule has 0 aliphatic rings. The Labute approximate surface area is 160 Å². The largest absolute Gasteiger partial charge is 0.416 e. The number of benzene rings is 2. The van der Waals surface area contributed by atoms with Gasteiger partial charge in [0.2, 0.25) is 5.96 Å². The minimum Gasteiger partial charge on any atom is -0.325 e. The van der Waals surface area contributed by atoms with Crippen molar-refractivity contribution in [3.63, 3.8) is 0 Å². The van der Waals surface area contributed by atoms with Crippen LogP contribution in [-0.2, 0) is 18.9 Å². The Hall–Kier alpha value is -2.93. The minimum atomic E-state index is -4.99. The van der Waals surface area contributed by atoms with Crippen LogP contribution < -0.4 is 10.6 Å². The first-order valence-corrected chi connectivity index (χ1v) is 7.88. The molecule has 0 aromatic heterocycles. The van der Waals surface area contributed by atoms with Gasteiger partial charge in [-0.2, -0.15) is 31.6 Å². The van der Waals surface area contributed by atoms with Crippen molar-refractivity contribution < 1.29 is 26.3 Å². The van der Waals surface area contributed by atoms with Crippen molar-refractivity contribution in [2.24, 2.45) is 4.99 Å². The van der Waals surface area contributed by atoms with Crippen molar-refractivity contribution in [3.8, 4) is 6.19 Å². The van der Waals surface area contributed by atoms with E-state index < -0.39 is 29.2 Å². The molecule has 11 heteroatoms. The average molecular weight is 421 g/mol. The quantitative estimate of drug-likeness (QED) is 0.229. The van der Waals surface area contributed by atoms with E-state index in [0.717, 1.165) is 0 Å². The lowest BCUT2D eigenvalue weighted by atomic mass is 10.1. The van der Waals surface area contributed by atoms with Crippen molar-refractivity contribution in [2.45, 2.75) is 18.9 Å². The number of nitriles is 1. The first-order chi connectivity index (χ1) is 13.0. The van der Waals surface area contributed by atoms with Crippen LogP contribution >= 0.6 is 11.6 Å². The zero-order valence-electron chi connectivity index (χ0n) is 13.8. The number of guanidine groups is 1. The van der Waals surface area contributed by atoms with E-state index in [2.05, 4.69) is 15.6 Å². The first kappa shape index (κ1) is 21.4. The summed E-state index contributed by atoms with van der Waals surface area (Å²) < 4.78 is 77.6. The smallest absolute Gasteiger partial charge is 0.325 e. The van der Waals surface area contributed by atoms with Crippen molar-refractivity contribution in [3.05, 3.63) is 64.2 Å². The number of hydrogen-bond donors (Lipinski definition) is 2. The molecular formula is C17H11ClF6N4. The van der Waals surface area contributed by atoms with Crippen LogP contribution in [0.5, 0.6) is 0 Å². The second kappa shape index (κ2) is 8.39. The van der Waals surface area contributed by atoms with E-state index in [1.807, 2.05) is 0 Å². The Morgan fingerprint density at radius 2 is 1.57 bits per heavy atom. The van der Waals surface area contributed by atoms with Crippen LogP contribution in [-0.4, -0.2) is 5.96 Å². The number of anilines is 1. The van der Waals surface area contributed by atoms with Gasteiger partial charge in [0.15, 0.2) is 6.19 Å². The number of rotatable bonds is 3. The highest BCUT2D eigenvalue weighted by Crippen LogP contribution is 2.37. The highest BCUT2D eigenvalue weighted by atomic mass is 35.5. The number of hydrogen-bond acceptors (Lipinski definition) is 2. The summed E-state index contributed by atoms with van der Waals surface area (Å²) in [5.41, 5.74) is -2.98. The summed E-state index contributed by atoms with van der Waals surface area (Å²) in [7, 11) is 0. The van der Waals surface area contributed by atoms with Gasteiger partial charge in [0, 0.05) is 10.7 Å². The topological polar surface area (TPSA) is 60.2 Å². The molecule has 148 valence electrons. The van der Waals surface area contributed by atoms with Crippen LogP contribution in [0.2, 0.25) is 5.02 Å². The Balaban J connectivity index is 2.37. The Kier molecular flexibility index (Phi) is 6.41. The van der Waals surface area contributed by atoms with Gasteiger partial charge in [-0.1, -0.05) is 29.8 Å². The molecule has 2 aromatic rings. The van der Waals surface area contributed by atoms with Crippen molar-refractivity contribution in [1.82, 2.24) is 5.32 Å². The van der Waals surface area contributed by atoms with Crippen molar-refractivity contribution >= 4 is 23.2 Å². The van der Waals surface area contributed by atoms with Crippen LogP contribution in [0.15, 0.2) is 47.5 Å². The van der Waals surface area contributed by atoms with Gasteiger partial charge in [-0.05, 0) is 29.8 Å². The molecule has 2 rings (SSSR count). The third-order valence-electron chi connectivity index (χ3n) is 3.39. The summed E-state index contributed by atoms with van der Waals surface area (Å²) in [6.07, 6.45) is -8.47. The summed E-state index contributed by atoms with van der Waals surface area (Å²) in [4.78, 5) is 3.95. The maximum atomic E-state index is 12.9. The summed E-state index contributed by atoms with van der Waals surface area (Å²) in [5, 5.41) is 13.5. The van der Waals surface area contributed by atoms with Crippen molar-refractivity contribution in [2.75, 3.05) is 5.32 Å². The normalized spacial score (nSPS) is 12.4. The maximum absolute atomic E-state index is 12.9. The fourth-order valence-corrected chi connectivity index (χ4v) is 2.31. The van der Waals surface area contributed by atoms with E-state index in [0.29, 0.717) is 22.7 Å². The highest BCUT2D eigenvalue weighted by molar-refractivity contribution is 6.31. The summed E-state index contributed by atoms with van der Waals surface area (Å²) in [6.45, 7) is -0.0677. The predicted molar refractivity (Wildman–Crippen MR) is 91.4 cm³/mol. The molecule has 2 aromatic carbocycles. The summed E-state index contributed by atoms with van der Waals surface area (Å²) >= 11 is 5.96. The number of halogens is 7. The standard InChI is InChI=1S/C17H11ClF6N4/c18-14-4-2-1-3-10(14)8-26-15(27-9-25)28-13-6-11(16(19,20)21)5-12(7-13)17(22,23)24/h1-7H,8H2,(H2,26,27,28). The second-order valence-electron chi connectivity index (χ2n) is 5.41. The molecule has 0 fully saturated rings. The van der Waals surface area contributed by atoms with E-state index in [4.69, 9.17) is 16.9 Å². The Morgan fingerprint density at radius 3 is 2.07 bits per heavy atom. The van der Waals surface area contributed by atoms with Gasteiger partial charge in [-0.15, -0.1) is 0 Å². The monoisotopic (exact) mass is 420 g/mol. The van der Waals surface area contributed by atoms with E-state index >= 15 is 0 Å². The number of nitrogens with one attached hydrogen (secondary N) is 2. The fourth-order valence-electron chi connectivity index (χ4n) is 2.12. The van der Waals surface area contributed by atoms with Crippen molar-refractivity contribution in [1.29, 1.82) is 5.26 Å². The Morgan fingerprint density at radius 1 is 1.00 bits per heavy atom. The molecule has 0 saturated carbocycles. The molecular weight excluding hydrogens is 410 g/mol. The lowest BCUT2D eigenvalue weighted by molar-refractivity contribution is -0.143. The Bertz CT molecular complexity index is 883. The minimum absolute atomic E-state index is 0.00343. The fraction of sp³-hybridized carbons (Fsp3) is 0.176. The summed E-state index contributed by atoms with van der Waals surface area (Å²) in [5.74, 6) is -0.338. The zero-order chi connectivity index (χ0) is 20.9. The third kappa shape index (κ3) is 5.79. The molecule has 0 atom stereocenters. The molecule has 28 heavy (non-hydrogen) atoms. The van der Waals surface area contributed by atoms with Gasteiger partial charge >= 0.3 is 12.4 Å². The molecule has 4 nitrogen and oxygen atoms in total. The lowest BCUT2D eigenvalue weighted by Crippen LogP contribution is -2.27. The van der Waals surface area contributed by atoms with Gasteiger partial charge in [0.05, 0.1) is 17.7 Å². The molecule has 0 aliphatic heterocycles. The number of nitrogens with zero attached hydrogens (tertiary/aromatic N) is 2. The number of alkyl halides is 6. The van der Waals surface area contributed by atoms with E-state index in [-0.39, 0.29) is 18.6 Å². The van der Waals surface area contributed by atoms with E-state index in [9.17, 15) is 26.3 Å². The van der Waals surface area contributed by atoms with Gasteiger partial charge in [0.1, 0.15) is 0 Å². The maximum Gasteiger partial charge on any atom is 0.416 e. The van der Waals surface area contributed by atoms with Crippen LogP contribution in [0.1, 0.15) is 16.7 Å². The predicted octanol–water partition coefficient (Wildman–Crippen LogP) is 5.42. The molecule has 0 radical (unpaired) electrons. The van der Waals surface area contributed by atoms with Crippen LogP contribution in [0.3, 0.4) is 0 Å². The molecule has 0 heterocycles. The average Bonchev–Trinajstić information content (AvgIpc) is 2.59. The molecule has 0 aliphatic carbocycles. The molecule has 0 unspecified atom stereocenters. The molecule has 2 N–H and O–H groups in total. The summed E-state index contributed by atoms with van der Waals surface area (Å²) in [6, 6.07) is 7.52. The molecule has 0 spiro atoms. The molecule has 0 saturated heterocycles. The van der Waals surface area contributed by atoms with Crippen LogP contribution in [0.25, 0.3) is 0 Å².